The van der Waals surface area contributed by atoms with Crippen molar-refractivity contribution in [2.45, 2.75) is 25.7 Å². The van der Waals surface area contributed by atoms with Gasteiger partial charge in [0.2, 0.25) is 5.88 Å². The summed E-state index contributed by atoms with van der Waals surface area (Å²) in [5.74, 6) is 0.341. The first kappa shape index (κ1) is 14.7. The van der Waals surface area contributed by atoms with E-state index in [0.717, 1.165) is 36.9 Å². The van der Waals surface area contributed by atoms with Crippen LogP contribution in [0, 0.1) is 0 Å². The first-order valence-corrected chi connectivity index (χ1v) is 8.21. The van der Waals surface area contributed by atoms with Gasteiger partial charge in [-0.3, -0.25) is 10.1 Å². The van der Waals surface area contributed by atoms with E-state index in [1.165, 1.54) is 11.1 Å². The highest BCUT2D eigenvalue weighted by atomic mass is 16.5. The second kappa shape index (κ2) is 6.32. The smallest absolute Gasteiger partial charge is 0.258 e. The Balaban J connectivity index is 1.45. The van der Waals surface area contributed by atoms with Crippen molar-refractivity contribution >= 4 is 11.8 Å². The molecule has 1 amide bonds. The van der Waals surface area contributed by atoms with E-state index < -0.39 is 0 Å². The van der Waals surface area contributed by atoms with E-state index in [9.17, 15) is 4.79 Å². The molecular formula is C20H18N2O2. The van der Waals surface area contributed by atoms with E-state index in [-0.39, 0.29) is 5.91 Å². The van der Waals surface area contributed by atoms with Crippen molar-refractivity contribution < 1.29 is 9.32 Å². The molecule has 0 saturated carbocycles. The predicted octanol–water partition coefficient (Wildman–Crippen LogP) is 4.01. The Morgan fingerprint density at radius 2 is 1.75 bits per heavy atom. The number of rotatable bonds is 4. The number of nitrogens with zero attached hydrogens (tertiary/aromatic N) is 1. The first-order valence-electron chi connectivity index (χ1n) is 8.21. The van der Waals surface area contributed by atoms with Crippen LogP contribution in [-0.2, 0) is 19.3 Å². The molecule has 0 unspecified atom stereocenters. The van der Waals surface area contributed by atoms with Crippen LogP contribution in [0.15, 0.2) is 59.1 Å². The summed E-state index contributed by atoms with van der Waals surface area (Å²) < 4.78 is 5.25. The van der Waals surface area contributed by atoms with Crippen molar-refractivity contribution in [3.63, 3.8) is 0 Å². The highest BCUT2D eigenvalue weighted by molar-refractivity contribution is 6.03. The number of anilines is 1. The van der Waals surface area contributed by atoms with Crippen LogP contribution < -0.4 is 5.32 Å². The molecule has 1 aliphatic rings. The molecule has 0 fully saturated rings. The van der Waals surface area contributed by atoms with Gasteiger partial charge in [0.05, 0.1) is 5.69 Å². The van der Waals surface area contributed by atoms with E-state index in [1.54, 1.807) is 0 Å². The zero-order valence-corrected chi connectivity index (χ0v) is 13.3. The molecule has 0 radical (unpaired) electrons. The highest BCUT2D eigenvalue weighted by Gasteiger charge is 2.22. The lowest BCUT2D eigenvalue weighted by Crippen LogP contribution is -2.12. The van der Waals surface area contributed by atoms with Gasteiger partial charge < -0.3 is 4.52 Å². The predicted molar refractivity (Wildman–Crippen MR) is 92.2 cm³/mol. The quantitative estimate of drug-likeness (QED) is 0.791. The first-order chi connectivity index (χ1) is 11.8. The maximum atomic E-state index is 12.4. The Morgan fingerprint density at radius 1 is 1.00 bits per heavy atom. The molecule has 4 heteroatoms. The molecule has 1 N–H and O–H groups in total. The average molecular weight is 318 g/mol. The summed E-state index contributed by atoms with van der Waals surface area (Å²) in [7, 11) is 0. The number of benzene rings is 2. The lowest BCUT2D eigenvalue weighted by molar-refractivity contribution is 0.102. The fraction of sp³-hybridized carbons (Fsp3) is 0.200. The molecule has 4 nitrogen and oxygen atoms in total. The SMILES string of the molecule is O=C(Nc1onc2c1CCC2)c1ccc(Cc2ccccc2)cc1. The fourth-order valence-corrected chi connectivity index (χ4v) is 3.11. The Bertz CT molecular complexity index is 851. The number of carbonyl (C=O) groups excluding carboxylic acids is 1. The summed E-state index contributed by atoms with van der Waals surface area (Å²) in [4.78, 5) is 12.4. The number of aromatic nitrogens is 1. The van der Waals surface area contributed by atoms with Gasteiger partial charge >= 0.3 is 0 Å². The molecule has 1 heterocycles. The van der Waals surface area contributed by atoms with Crippen LogP contribution >= 0.6 is 0 Å². The van der Waals surface area contributed by atoms with Gasteiger partial charge in [0, 0.05) is 11.1 Å². The molecule has 0 saturated heterocycles. The number of amides is 1. The molecule has 0 aliphatic heterocycles. The molecule has 1 aliphatic carbocycles. The number of hydrogen-bond acceptors (Lipinski definition) is 3. The van der Waals surface area contributed by atoms with E-state index in [4.69, 9.17) is 4.52 Å². The summed E-state index contributed by atoms with van der Waals surface area (Å²) in [6.07, 6.45) is 3.79. The van der Waals surface area contributed by atoms with Crippen molar-refractivity contribution in [1.29, 1.82) is 0 Å². The highest BCUT2D eigenvalue weighted by Crippen LogP contribution is 2.28. The minimum Gasteiger partial charge on any atom is -0.338 e. The second-order valence-electron chi connectivity index (χ2n) is 6.10. The van der Waals surface area contributed by atoms with Crippen molar-refractivity contribution in [2.24, 2.45) is 0 Å². The van der Waals surface area contributed by atoms with E-state index in [2.05, 4.69) is 22.6 Å². The lowest BCUT2D eigenvalue weighted by atomic mass is 10.0. The minimum absolute atomic E-state index is 0.160. The summed E-state index contributed by atoms with van der Waals surface area (Å²) in [5, 5.41) is 6.85. The summed E-state index contributed by atoms with van der Waals surface area (Å²) in [6.45, 7) is 0. The van der Waals surface area contributed by atoms with Gasteiger partial charge in [0.25, 0.3) is 5.91 Å². The minimum atomic E-state index is -0.160. The number of aryl methyl sites for hydroxylation is 1. The van der Waals surface area contributed by atoms with Crippen LogP contribution in [0.1, 0.15) is 39.2 Å². The summed E-state index contributed by atoms with van der Waals surface area (Å²) >= 11 is 0. The Kier molecular flexibility index (Phi) is 3.87. The van der Waals surface area contributed by atoms with Crippen LogP contribution in [0.25, 0.3) is 0 Å². The van der Waals surface area contributed by atoms with E-state index in [0.29, 0.717) is 11.4 Å². The second-order valence-corrected chi connectivity index (χ2v) is 6.10. The Morgan fingerprint density at radius 3 is 2.54 bits per heavy atom. The third-order valence-corrected chi connectivity index (χ3v) is 4.40. The van der Waals surface area contributed by atoms with Crippen molar-refractivity contribution in [3.05, 3.63) is 82.5 Å². The molecule has 3 aromatic rings. The topological polar surface area (TPSA) is 55.1 Å². The number of fused-ring (bicyclic) bond motifs is 1. The molecule has 1 aromatic heterocycles. The molecule has 4 rings (SSSR count). The number of hydrogen-bond donors (Lipinski definition) is 1. The largest absolute Gasteiger partial charge is 0.338 e. The van der Waals surface area contributed by atoms with E-state index in [1.807, 2.05) is 42.5 Å². The van der Waals surface area contributed by atoms with Gasteiger partial charge in [-0.05, 0) is 48.9 Å². The van der Waals surface area contributed by atoms with Gasteiger partial charge in [-0.15, -0.1) is 0 Å². The van der Waals surface area contributed by atoms with Crippen LogP contribution in [0.2, 0.25) is 0 Å². The monoisotopic (exact) mass is 318 g/mol. The molecule has 0 bridgehead atoms. The normalized spacial score (nSPS) is 12.8. The fourth-order valence-electron chi connectivity index (χ4n) is 3.11. The van der Waals surface area contributed by atoms with Gasteiger partial charge in [-0.1, -0.05) is 47.6 Å². The summed E-state index contributed by atoms with van der Waals surface area (Å²) in [5.41, 5.74) is 5.08. The zero-order valence-electron chi connectivity index (χ0n) is 13.3. The molecule has 24 heavy (non-hydrogen) atoms. The van der Waals surface area contributed by atoms with Crippen LogP contribution in [-0.4, -0.2) is 11.1 Å². The van der Waals surface area contributed by atoms with Gasteiger partial charge in [0.1, 0.15) is 0 Å². The van der Waals surface area contributed by atoms with Crippen molar-refractivity contribution in [2.75, 3.05) is 5.32 Å². The van der Waals surface area contributed by atoms with Crippen LogP contribution in [0.4, 0.5) is 5.88 Å². The number of nitrogens with one attached hydrogen (secondary N) is 1. The summed E-state index contributed by atoms with van der Waals surface area (Å²) in [6, 6.07) is 18.0. The third-order valence-electron chi connectivity index (χ3n) is 4.40. The van der Waals surface area contributed by atoms with Gasteiger partial charge in [-0.2, -0.15) is 0 Å². The maximum absolute atomic E-state index is 12.4. The standard InChI is InChI=1S/C20H18N2O2/c23-19(21-20-17-7-4-8-18(17)22-24-20)16-11-9-15(10-12-16)13-14-5-2-1-3-6-14/h1-3,5-6,9-12H,4,7-8,13H2,(H,21,23). The molecule has 0 atom stereocenters. The third kappa shape index (κ3) is 2.95. The molecule has 120 valence electrons. The number of carbonyl (C=O) groups is 1. The zero-order chi connectivity index (χ0) is 16.4. The molecule has 0 spiro atoms. The van der Waals surface area contributed by atoms with E-state index >= 15 is 0 Å². The molecular weight excluding hydrogens is 300 g/mol. The average Bonchev–Trinajstić information content (AvgIpc) is 3.22. The maximum Gasteiger partial charge on any atom is 0.258 e. The molecule has 2 aromatic carbocycles. The Labute approximate surface area is 140 Å². The lowest BCUT2D eigenvalue weighted by Gasteiger charge is -2.05. The van der Waals surface area contributed by atoms with Crippen LogP contribution in [0.5, 0.6) is 0 Å². The Hall–Kier alpha value is -2.88. The van der Waals surface area contributed by atoms with Gasteiger partial charge in [-0.25, -0.2) is 0 Å². The van der Waals surface area contributed by atoms with Crippen LogP contribution in [0.3, 0.4) is 0 Å². The van der Waals surface area contributed by atoms with Crippen molar-refractivity contribution in [3.8, 4) is 0 Å². The van der Waals surface area contributed by atoms with Gasteiger partial charge in [0.15, 0.2) is 0 Å². The van der Waals surface area contributed by atoms with Crippen molar-refractivity contribution in [1.82, 2.24) is 5.16 Å².